The van der Waals surface area contributed by atoms with Crippen LogP contribution in [0.4, 0.5) is 5.69 Å². The number of rotatable bonds is 5. The van der Waals surface area contributed by atoms with Crippen LogP contribution >= 0.6 is 12.4 Å². The minimum absolute atomic E-state index is 0. The second-order valence-electron chi connectivity index (χ2n) is 8.03. The number of benzene rings is 1. The van der Waals surface area contributed by atoms with Crippen molar-refractivity contribution in [3.63, 3.8) is 0 Å². The first kappa shape index (κ1) is 22.5. The first-order chi connectivity index (χ1) is 12.9. The standard InChI is InChI=1S/C21H31N3O3.ClH/c1-4-27-18-9-8-15(21(26)24(2)3)12-17(18)23-20(25)16-10-13-6-5-7-14(11-16)19(13)22;/h8-9,12-14,16,19H,4-7,10-11,22H2,1-3H3,(H,23,25);1H. The van der Waals surface area contributed by atoms with Gasteiger partial charge < -0.3 is 20.7 Å². The van der Waals surface area contributed by atoms with Crippen molar-refractivity contribution in [2.45, 2.75) is 45.1 Å². The highest BCUT2D eigenvalue weighted by molar-refractivity contribution is 5.98. The summed E-state index contributed by atoms with van der Waals surface area (Å²) >= 11 is 0. The van der Waals surface area contributed by atoms with Gasteiger partial charge in [0.1, 0.15) is 5.75 Å². The Labute approximate surface area is 173 Å². The van der Waals surface area contributed by atoms with Gasteiger partial charge in [-0.25, -0.2) is 0 Å². The molecule has 0 spiro atoms. The molecule has 6 nitrogen and oxygen atoms in total. The molecule has 1 aromatic rings. The third-order valence-corrected chi connectivity index (χ3v) is 5.97. The van der Waals surface area contributed by atoms with Gasteiger partial charge in [-0.1, -0.05) is 6.42 Å². The molecule has 1 aromatic carbocycles. The Morgan fingerprint density at radius 3 is 2.43 bits per heavy atom. The number of nitrogens with zero attached hydrogens (tertiary/aromatic N) is 1. The zero-order chi connectivity index (χ0) is 19.6. The maximum absolute atomic E-state index is 13.0. The van der Waals surface area contributed by atoms with Gasteiger partial charge in [-0.05, 0) is 62.6 Å². The van der Waals surface area contributed by atoms with Gasteiger partial charge in [0.05, 0.1) is 12.3 Å². The average molecular weight is 410 g/mol. The molecule has 2 bridgehead atoms. The second kappa shape index (κ2) is 9.61. The van der Waals surface area contributed by atoms with E-state index < -0.39 is 0 Å². The predicted molar refractivity (Wildman–Crippen MR) is 113 cm³/mol. The minimum Gasteiger partial charge on any atom is -0.492 e. The van der Waals surface area contributed by atoms with Gasteiger partial charge in [0.15, 0.2) is 0 Å². The van der Waals surface area contributed by atoms with E-state index in [0.717, 1.165) is 25.7 Å². The number of nitrogens with two attached hydrogens (primary N) is 1. The van der Waals surface area contributed by atoms with Crippen molar-refractivity contribution in [3.05, 3.63) is 23.8 Å². The molecule has 0 aliphatic heterocycles. The van der Waals surface area contributed by atoms with Crippen molar-refractivity contribution in [2.24, 2.45) is 23.5 Å². The molecule has 2 aliphatic carbocycles. The number of hydrogen-bond acceptors (Lipinski definition) is 4. The Morgan fingerprint density at radius 1 is 1.21 bits per heavy atom. The summed E-state index contributed by atoms with van der Waals surface area (Å²) in [5, 5.41) is 3.03. The quantitative estimate of drug-likeness (QED) is 0.781. The van der Waals surface area contributed by atoms with E-state index in [-0.39, 0.29) is 36.2 Å². The van der Waals surface area contributed by atoms with Gasteiger partial charge in [0, 0.05) is 31.6 Å². The Bertz CT molecular complexity index is 696. The van der Waals surface area contributed by atoms with Crippen LogP contribution in [0.15, 0.2) is 18.2 Å². The number of halogens is 1. The van der Waals surface area contributed by atoms with E-state index >= 15 is 0 Å². The summed E-state index contributed by atoms with van der Waals surface area (Å²) in [6.45, 7) is 2.39. The van der Waals surface area contributed by atoms with Crippen molar-refractivity contribution in [3.8, 4) is 5.75 Å². The maximum atomic E-state index is 13.0. The van der Waals surface area contributed by atoms with Gasteiger partial charge in [-0.2, -0.15) is 0 Å². The van der Waals surface area contributed by atoms with E-state index in [1.807, 2.05) is 6.92 Å². The fourth-order valence-corrected chi connectivity index (χ4v) is 4.54. The van der Waals surface area contributed by atoms with E-state index in [1.54, 1.807) is 32.3 Å². The topological polar surface area (TPSA) is 84.7 Å². The summed E-state index contributed by atoms with van der Waals surface area (Å²) in [4.78, 5) is 26.8. The van der Waals surface area contributed by atoms with E-state index in [9.17, 15) is 9.59 Å². The molecule has 0 radical (unpaired) electrons. The summed E-state index contributed by atoms with van der Waals surface area (Å²) < 4.78 is 5.65. The Balaban J connectivity index is 0.00000280. The Kier molecular flexibility index (Phi) is 7.72. The van der Waals surface area contributed by atoms with Gasteiger partial charge in [-0.3, -0.25) is 9.59 Å². The number of carbonyl (C=O) groups is 2. The van der Waals surface area contributed by atoms with Crippen molar-refractivity contribution < 1.29 is 14.3 Å². The monoisotopic (exact) mass is 409 g/mol. The molecule has 2 fully saturated rings. The van der Waals surface area contributed by atoms with Crippen LogP contribution in [-0.4, -0.2) is 43.5 Å². The average Bonchev–Trinajstić information content (AvgIpc) is 2.62. The summed E-state index contributed by atoms with van der Waals surface area (Å²) in [6, 6.07) is 5.43. The van der Waals surface area contributed by atoms with Crippen LogP contribution in [0.3, 0.4) is 0 Å². The summed E-state index contributed by atoms with van der Waals surface area (Å²) in [5.74, 6) is 1.36. The highest BCUT2D eigenvalue weighted by Gasteiger charge is 2.40. The predicted octanol–water partition coefficient (Wildman–Crippen LogP) is 3.30. The van der Waals surface area contributed by atoms with Crippen LogP contribution in [0.5, 0.6) is 5.75 Å². The second-order valence-corrected chi connectivity index (χ2v) is 8.03. The van der Waals surface area contributed by atoms with Crippen LogP contribution in [0.1, 0.15) is 49.4 Å². The molecule has 7 heteroatoms. The summed E-state index contributed by atoms with van der Waals surface area (Å²) in [6.07, 6.45) is 5.17. The van der Waals surface area contributed by atoms with Crippen LogP contribution < -0.4 is 15.8 Å². The molecule has 0 aromatic heterocycles. The molecular weight excluding hydrogens is 378 g/mol. The van der Waals surface area contributed by atoms with Crippen LogP contribution in [0, 0.1) is 17.8 Å². The molecule has 2 saturated carbocycles. The fourth-order valence-electron chi connectivity index (χ4n) is 4.54. The largest absolute Gasteiger partial charge is 0.492 e. The van der Waals surface area contributed by atoms with Crippen LogP contribution in [0.25, 0.3) is 0 Å². The molecule has 2 atom stereocenters. The first-order valence-corrected chi connectivity index (χ1v) is 9.95. The number of anilines is 1. The summed E-state index contributed by atoms with van der Waals surface area (Å²) in [5.41, 5.74) is 7.44. The van der Waals surface area contributed by atoms with E-state index in [1.165, 1.54) is 11.3 Å². The van der Waals surface area contributed by atoms with E-state index in [4.69, 9.17) is 10.5 Å². The highest BCUT2D eigenvalue weighted by atomic mass is 35.5. The fraction of sp³-hybridized carbons (Fsp3) is 0.619. The smallest absolute Gasteiger partial charge is 0.253 e. The molecule has 2 unspecified atom stereocenters. The number of hydrogen-bond donors (Lipinski definition) is 2. The molecule has 0 saturated heterocycles. The third-order valence-electron chi connectivity index (χ3n) is 5.97. The first-order valence-electron chi connectivity index (χ1n) is 9.95. The molecule has 3 rings (SSSR count). The number of nitrogens with one attached hydrogen (secondary N) is 1. The van der Waals surface area contributed by atoms with Gasteiger partial charge >= 0.3 is 0 Å². The zero-order valence-electron chi connectivity index (χ0n) is 16.9. The lowest BCUT2D eigenvalue weighted by atomic mass is 9.65. The molecule has 2 amide bonds. The molecule has 3 N–H and O–H groups in total. The number of ether oxygens (including phenoxy) is 1. The number of carbonyl (C=O) groups excluding carboxylic acids is 2. The van der Waals surface area contributed by atoms with Crippen molar-refractivity contribution in [2.75, 3.05) is 26.0 Å². The molecule has 2 aliphatic rings. The van der Waals surface area contributed by atoms with Crippen molar-refractivity contribution in [1.82, 2.24) is 4.90 Å². The van der Waals surface area contributed by atoms with Gasteiger partial charge in [-0.15, -0.1) is 12.4 Å². The zero-order valence-corrected chi connectivity index (χ0v) is 17.8. The number of amides is 2. The normalized spacial score (nSPS) is 26.0. The Hall–Kier alpha value is -1.79. The molecular formula is C21H32ClN3O3. The Morgan fingerprint density at radius 2 is 1.86 bits per heavy atom. The number of fused-ring (bicyclic) bond motifs is 2. The van der Waals surface area contributed by atoms with Crippen molar-refractivity contribution in [1.29, 1.82) is 0 Å². The van der Waals surface area contributed by atoms with E-state index in [0.29, 0.717) is 35.4 Å². The third kappa shape index (κ3) is 4.78. The molecule has 28 heavy (non-hydrogen) atoms. The molecule has 0 heterocycles. The van der Waals surface area contributed by atoms with Crippen LogP contribution in [-0.2, 0) is 4.79 Å². The molecule has 156 valence electrons. The lowest BCUT2D eigenvalue weighted by Gasteiger charge is -2.43. The lowest BCUT2D eigenvalue weighted by molar-refractivity contribution is -0.122. The van der Waals surface area contributed by atoms with Gasteiger partial charge in [0.25, 0.3) is 5.91 Å². The van der Waals surface area contributed by atoms with E-state index in [2.05, 4.69) is 5.32 Å². The van der Waals surface area contributed by atoms with Gasteiger partial charge in [0.2, 0.25) is 5.91 Å². The summed E-state index contributed by atoms with van der Waals surface area (Å²) in [7, 11) is 3.42. The lowest BCUT2D eigenvalue weighted by Crippen LogP contribution is -2.48. The van der Waals surface area contributed by atoms with Crippen molar-refractivity contribution >= 4 is 29.9 Å². The van der Waals surface area contributed by atoms with Crippen LogP contribution in [0.2, 0.25) is 0 Å². The minimum atomic E-state index is -0.105. The maximum Gasteiger partial charge on any atom is 0.253 e. The SMILES string of the molecule is CCOc1ccc(C(=O)N(C)C)cc1NC(=O)C1CC2CCCC(C1)C2N.Cl. The highest BCUT2D eigenvalue weighted by Crippen LogP contribution is 2.42.